The fourth-order valence-corrected chi connectivity index (χ4v) is 2.28. The van der Waals surface area contributed by atoms with Crippen molar-refractivity contribution in [3.8, 4) is 0 Å². The standard InChI is InChI=1S/C13H18N2O/c1-8-6-10(7-8)15-13(16)12-9(2)4-3-5-11(12)14/h3-5,8,10H,6-7,14H2,1-2H3,(H,15,16). The summed E-state index contributed by atoms with van der Waals surface area (Å²) in [4.78, 5) is 12.0. The Morgan fingerprint density at radius 3 is 2.69 bits per heavy atom. The first-order chi connectivity index (χ1) is 7.58. The number of hydrogen-bond donors (Lipinski definition) is 2. The van der Waals surface area contributed by atoms with Crippen LogP contribution in [0.3, 0.4) is 0 Å². The van der Waals surface area contributed by atoms with Crippen molar-refractivity contribution in [2.24, 2.45) is 5.92 Å². The second-order valence-corrected chi connectivity index (χ2v) is 4.79. The molecular formula is C13H18N2O. The van der Waals surface area contributed by atoms with Gasteiger partial charge in [0.05, 0.1) is 5.56 Å². The number of anilines is 1. The summed E-state index contributed by atoms with van der Waals surface area (Å²) in [6.45, 7) is 4.11. The van der Waals surface area contributed by atoms with Crippen molar-refractivity contribution >= 4 is 11.6 Å². The van der Waals surface area contributed by atoms with E-state index in [4.69, 9.17) is 5.73 Å². The van der Waals surface area contributed by atoms with Gasteiger partial charge in [-0.2, -0.15) is 0 Å². The molecule has 1 amide bonds. The molecular weight excluding hydrogens is 200 g/mol. The minimum Gasteiger partial charge on any atom is -0.398 e. The Kier molecular flexibility index (Phi) is 2.86. The molecule has 0 saturated heterocycles. The van der Waals surface area contributed by atoms with Crippen molar-refractivity contribution in [1.82, 2.24) is 5.32 Å². The smallest absolute Gasteiger partial charge is 0.253 e. The molecule has 0 aromatic heterocycles. The molecule has 0 atom stereocenters. The number of rotatable bonds is 2. The summed E-state index contributed by atoms with van der Waals surface area (Å²) in [5.41, 5.74) is 7.95. The lowest BCUT2D eigenvalue weighted by Gasteiger charge is -2.33. The molecule has 0 radical (unpaired) electrons. The largest absolute Gasteiger partial charge is 0.398 e. The van der Waals surface area contributed by atoms with Crippen LogP contribution < -0.4 is 11.1 Å². The molecule has 0 aliphatic heterocycles. The summed E-state index contributed by atoms with van der Waals surface area (Å²) in [5, 5.41) is 3.03. The highest BCUT2D eigenvalue weighted by Gasteiger charge is 2.27. The summed E-state index contributed by atoms with van der Waals surface area (Å²) in [6.07, 6.45) is 2.16. The molecule has 3 nitrogen and oxygen atoms in total. The number of nitrogens with two attached hydrogens (primary N) is 1. The number of benzene rings is 1. The molecule has 1 fully saturated rings. The highest BCUT2D eigenvalue weighted by Crippen LogP contribution is 2.27. The van der Waals surface area contributed by atoms with E-state index in [1.54, 1.807) is 6.07 Å². The van der Waals surface area contributed by atoms with Gasteiger partial charge in [0, 0.05) is 11.7 Å². The molecule has 0 spiro atoms. The highest BCUT2D eigenvalue weighted by atomic mass is 16.1. The van der Waals surface area contributed by atoms with E-state index in [2.05, 4.69) is 12.2 Å². The Morgan fingerprint density at radius 2 is 2.12 bits per heavy atom. The van der Waals surface area contributed by atoms with Crippen LogP contribution in [-0.2, 0) is 0 Å². The van der Waals surface area contributed by atoms with Crippen LogP contribution in [0.2, 0.25) is 0 Å². The maximum Gasteiger partial charge on any atom is 0.253 e. The van der Waals surface area contributed by atoms with Crippen LogP contribution in [0.25, 0.3) is 0 Å². The summed E-state index contributed by atoms with van der Waals surface area (Å²) in [6, 6.07) is 5.88. The fraction of sp³-hybridized carbons (Fsp3) is 0.462. The lowest BCUT2D eigenvalue weighted by Crippen LogP contribution is -2.43. The van der Waals surface area contributed by atoms with Gasteiger partial charge in [0.15, 0.2) is 0 Å². The first-order valence-corrected chi connectivity index (χ1v) is 5.74. The topological polar surface area (TPSA) is 55.1 Å². The van der Waals surface area contributed by atoms with Gasteiger partial charge in [-0.15, -0.1) is 0 Å². The summed E-state index contributed by atoms with van der Waals surface area (Å²) >= 11 is 0. The van der Waals surface area contributed by atoms with Gasteiger partial charge in [0.1, 0.15) is 0 Å². The van der Waals surface area contributed by atoms with Gasteiger partial charge in [-0.25, -0.2) is 0 Å². The van der Waals surface area contributed by atoms with Crippen LogP contribution in [0.15, 0.2) is 18.2 Å². The fourth-order valence-electron chi connectivity index (χ4n) is 2.28. The Bertz CT molecular complexity index is 388. The average Bonchev–Trinajstić information content (AvgIpc) is 2.15. The van der Waals surface area contributed by atoms with E-state index in [0.717, 1.165) is 24.3 Å². The zero-order valence-corrected chi connectivity index (χ0v) is 9.79. The zero-order valence-electron chi connectivity index (χ0n) is 9.79. The van der Waals surface area contributed by atoms with Gasteiger partial charge < -0.3 is 11.1 Å². The van der Waals surface area contributed by atoms with Crippen LogP contribution >= 0.6 is 0 Å². The maximum absolute atomic E-state index is 12.0. The lowest BCUT2D eigenvalue weighted by molar-refractivity contribution is 0.0896. The molecule has 3 heteroatoms. The number of amides is 1. The number of hydrogen-bond acceptors (Lipinski definition) is 2. The van der Waals surface area contributed by atoms with E-state index < -0.39 is 0 Å². The Hall–Kier alpha value is -1.51. The minimum atomic E-state index is -0.0347. The molecule has 1 aromatic rings. The second kappa shape index (κ2) is 4.16. The molecule has 1 aromatic carbocycles. The first kappa shape index (κ1) is 11.0. The van der Waals surface area contributed by atoms with Gasteiger partial charge >= 0.3 is 0 Å². The van der Waals surface area contributed by atoms with Crippen LogP contribution in [0.4, 0.5) is 5.69 Å². The predicted octanol–water partition coefficient (Wildman–Crippen LogP) is 2.11. The zero-order chi connectivity index (χ0) is 11.7. The second-order valence-electron chi connectivity index (χ2n) is 4.79. The van der Waals surface area contributed by atoms with Crippen molar-refractivity contribution in [3.63, 3.8) is 0 Å². The maximum atomic E-state index is 12.0. The van der Waals surface area contributed by atoms with E-state index in [0.29, 0.717) is 17.3 Å². The summed E-state index contributed by atoms with van der Waals surface area (Å²) in [7, 11) is 0. The van der Waals surface area contributed by atoms with Crippen LogP contribution in [0.1, 0.15) is 35.7 Å². The summed E-state index contributed by atoms with van der Waals surface area (Å²) in [5.74, 6) is 0.701. The Balaban J connectivity index is 2.09. The molecule has 0 heterocycles. The van der Waals surface area contributed by atoms with E-state index in [1.165, 1.54) is 0 Å². The number of carbonyl (C=O) groups is 1. The van der Waals surface area contributed by atoms with Crippen LogP contribution in [0, 0.1) is 12.8 Å². The van der Waals surface area contributed by atoms with Gasteiger partial charge in [-0.1, -0.05) is 19.1 Å². The Labute approximate surface area is 96.0 Å². The van der Waals surface area contributed by atoms with Crippen molar-refractivity contribution in [3.05, 3.63) is 29.3 Å². The molecule has 0 unspecified atom stereocenters. The van der Waals surface area contributed by atoms with Gasteiger partial charge in [0.2, 0.25) is 0 Å². The van der Waals surface area contributed by atoms with Gasteiger partial charge in [-0.3, -0.25) is 4.79 Å². The molecule has 86 valence electrons. The van der Waals surface area contributed by atoms with Gasteiger partial charge in [-0.05, 0) is 37.3 Å². The van der Waals surface area contributed by atoms with Crippen molar-refractivity contribution in [2.75, 3.05) is 5.73 Å². The van der Waals surface area contributed by atoms with Crippen molar-refractivity contribution in [2.45, 2.75) is 32.7 Å². The highest BCUT2D eigenvalue weighted by molar-refractivity contribution is 6.00. The number of aryl methyl sites for hydroxylation is 1. The molecule has 1 aliphatic rings. The molecule has 16 heavy (non-hydrogen) atoms. The summed E-state index contributed by atoms with van der Waals surface area (Å²) < 4.78 is 0. The number of nitrogens with one attached hydrogen (secondary N) is 1. The Morgan fingerprint density at radius 1 is 1.44 bits per heavy atom. The minimum absolute atomic E-state index is 0.0347. The average molecular weight is 218 g/mol. The number of nitrogen functional groups attached to an aromatic ring is 1. The van der Waals surface area contributed by atoms with E-state index in [-0.39, 0.29) is 5.91 Å². The predicted molar refractivity (Wildman–Crippen MR) is 65.2 cm³/mol. The SMILES string of the molecule is Cc1cccc(N)c1C(=O)NC1CC(C)C1. The lowest BCUT2D eigenvalue weighted by atomic mass is 9.82. The quantitative estimate of drug-likeness (QED) is 0.747. The third-order valence-electron chi connectivity index (χ3n) is 3.24. The third-order valence-corrected chi connectivity index (χ3v) is 3.24. The third kappa shape index (κ3) is 2.03. The molecule has 1 aliphatic carbocycles. The normalized spacial score (nSPS) is 23.6. The van der Waals surface area contributed by atoms with E-state index >= 15 is 0 Å². The van der Waals surface area contributed by atoms with Crippen LogP contribution in [0.5, 0.6) is 0 Å². The monoisotopic (exact) mass is 218 g/mol. The van der Waals surface area contributed by atoms with E-state index in [1.807, 2.05) is 19.1 Å². The van der Waals surface area contributed by atoms with E-state index in [9.17, 15) is 4.79 Å². The molecule has 1 saturated carbocycles. The van der Waals surface area contributed by atoms with Gasteiger partial charge in [0.25, 0.3) is 5.91 Å². The molecule has 2 rings (SSSR count). The van der Waals surface area contributed by atoms with Crippen molar-refractivity contribution < 1.29 is 4.79 Å². The van der Waals surface area contributed by atoms with Crippen LogP contribution in [-0.4, -0.2) is 11.9 Å². The molecule has 3 N–H and O–H groups in total. The number of carbonyl (C=O) groups excluding carboxylic acids is 1. The van der Waals surface area contributed by atoms with Crippen molar-refractivity contribution in [1.29, 1.82) is 0 Å². The molecule has 0 bridgehead atoms. The first-order valence-electron chi connectivity index (χ1n) is 5.74.